The molecule has 0 spiro atoms. The van der Waals surface area contributed by atoms with Gasteiger partial charge in [0, 0.05) is 43.4 Å². The number of hydrogen-bond acceptors (Lipinski definition) is 7. The van der Waals surface area contributed by atoms with E-state index in [1.807, 2.05) is 84.2 Å². The van der Waals surface area contributed by atoms with Gasteiger partial charge in [-0.05, 0) is 62.4 Å². The van der Waals surface area contributed by atoms with Crippen molar-refractivity contribution in [2.45, 2.75) is 25.6 Å². The molecule has 2 aromatic carbocycles. The normalized spacial score (nSPS) is 18.2. The summed E-state index contributed by atoms with van der Waals surface area (Å²) in [6.45, 7) is 3.14. The molecule has 1 fully saturated rings. The van der Waals surface area contributed by atoms with E-state index in [0.717, 1.165) is 40.1 Å². The Morgan fingerprint density at radius 2 is 1.95 bits per heavy atom. The summed E-state index contributed by atoms with van der Waals surface area (Å²) in [6.07, 6.45) is 6.13. The molecule has 1 N–H and O–H groups in total. The predicted molar refractivity (Wildman–Crippen MR) is 141 cm³/mol. The molecule has 4 heterocycles. The third-order valence-corrected chi connectivity index (χ3v) is 6.62. The van der Waals surface area contributed by atoms with Crippen LogP contribution in [0.1, 0.15) is 12.0 Å². The van der Waals surface area contributed by atoms with Crippen LogP contribution in [0.4, 0.5) is 15.9 Å². The topological polar surface area (TPSA) is 76.8 Å². The minimum atomic E-state index is -1.06. The van der Waals surface area contributed by atoms with Gasteiger partial charge in [0.25, 0.3) is 0 Å². The fraction of sp³-hybridized carbons (Fsp3) is 0.250. The van der Waals surface area contributed by atoms with Crippen molar-refractivity contribution in [3.63, 3.8) is 0 Å². The molecule has 0 radical (unpaired) electrons. The van der Waals surface area contributed by atoms with Gasteiger partial charge in [-0.2, -0.15) is 0 Å². The van der Waals surface area contributed by atoms with Crippen molar-refractivity contribution in [3.8, 4) is 17.2 Å². The molecule has 6 rings (SSSR count). The summed E-state index contributed by atoms with van der Waals surface area (Å²) in [5.74, 6) is 2.63. The summed E-state index contributed by atoms with van der Waals surface area (Å²) in [7, 11) is 1.92. The highest BCUT2D eigenvalue weighted by molar-refractivity contribution is 5.95. The van der Waals surface area contributed by atoms with Gasteiger partial charge < -0.3 is 24.1 Å². The molecule has 9 heteroatoms. The lowest BCUT2D eigenvalue weighted by molar-refractivity contribution is 0.0323. The summed E-state index contributed by atoms with van der Waals surface area (Å²) in [6, 6.07) is 15.3. The zero-order chi connectivity index (χ0) is 25.4. The second-order valence-electron chi connectivity index (χ2n) is 9.36. The monoisotopic (exact) mass is 498 g/mol. The van der Waals surface area contributed by atoms with Gasteiger partial charge in [0.1, 0.15) is 47.3 Å². The summed E-state index contributed by atoms with van der Waals surface area (Å²) in [5, 5.41) is 4.12. The number of benzene rings is 2. The minimum Gasteiger partial charge on any atom is -0.486 e. The molecular formula is C28H27FN6O2. The summed E-state index contributed by atoms with van der Waals surface area (Å²) < 4.78 is 28.9. The van der Waals surface area contributed by atoms with Gasteiger partial charge in [-0.15, -0.1) is 0 Å². The molecular weight excluding hydrogens is 471 g/mol. The first kappa shape index (κ1) is 23.2. The van der Waals surface area contributed by atoms with E-state index in [0.29, 0.717) is 30.3 Å². The van der Waals surface area contributed by atoms with Crippen LogP contribution in [0.2, 0.25) is 0 Å². The van der Waals surface area contributed by atoms with Gasteiger partial charge in [0.15, 0.2) is 0 Å². The Balaban J connectivity index is 1.25. The highest BCUT2D eigenvalue weighted by Gasteiger charge is 2.30. The molecule has 0 bridgehead atoms. The number of nitrogens with one attached hydrogen (secondary N) is 1. The van der Waals surface area contributed by atoms with Crippen molar-refractivity contribution >= 4 is 28.1 Å². The van der Waals surface area contributed by atoms with Crippen LogP contribution in [0.15, 0.2) is 73.4 Å². The number of imidazole rings is 1. The number of aromatic nitrogens is 4. The number of pyridine rings is 1. The Bertz CT molecular complexity index is 1570. The van der Waals surface area contributed by atoms with Gasteiger partial charge in [-0.3, -0.25) is 0 Å². The fourth-order valence-electron chi connectivity index (χ4n) is 4.66. The third-order valence-electron chi connectivity index (χ3n) is 6.62. The van der Waals surface area contributed by atoms with Crippen LogP contribution < -0.4 is 14.8 Å². The van der Waals surface area contributed by atoms with E-state index < -0.39 is 12.3 Å². The zero-order valence-corrected chi connectivity index (χ0v) is 20.6. The Kier molecular flexibility index (Phi) is 6.05. The number of hydrogen-bond donors (Lipinski definition) is 1. The molecule has 0 saturated carbocycles. The van der Waals surface area contributed by atoms with Gasteiger partial charge in [0.05, 0.1) is 10.9 Å². The van der Waals surface area contributed by atoms with E-state index in [-0.39, 0.29) is 0 Å². The second-order valence-corrected chi connectivity index (χ2v) is 9.36. The lowest BCUT2D eigenvalue weighted by Gasteiger charge is -2.32. The van der Waals surface area contributed by atoms with Crippen LogP contribution in [0, 0.1) is 6.92 Å². The molecule has 0 aliphatic carbocycles. The number of nitrogens with zero attached hydrogens (tertiary/aromatic N) is 5. The molecule has 1 aliphatic rings. The maximum absolute atomic E-state index is 14.7. The molecule has 0 amide bonds. The van der Waals surface area contributed by atoms with Crippen molar-refractivity contribution in [3.05, 3.63) is 79.0 Å². The minimum absolute atomic E-state index is 0.362. The number of halogens is 1. The lowest BCUT2D eigenvalue weighted by atomic mass is 10.1. The van der Waals surface area contributed by atoms with Crippen LogP contribution in [-0.4, -0.2) is 56.7 Å². The van der Waals surface area contributed by atoms with Crippen LogP contribution in [0.5, 0.6) is 17.2 Å². The second kappa shape index (κ2) is 9.67. The number of rotatable bonds is 6. The third kappa shape index (κ3) is 4.77. The van der Waals surface area contributed by atoms with Crippen molar-refractivity contribution in [1.82, 2.24) is 24.3 Å². The van der Waals surface area contributed by atoms with Crippen molar-refractivity contribution in [2.24, 2.45) is 0 Å². The fourth-order valence-corrected chi connectivity index (χ4v) is 4.66. The van der Waals surface area contributed by atoms with Gasteiger partial charge >= 0.3 is 0 Å². The van der Waals surface area contributed by atoms with E-state index in [1.54, 1.807) is 6.20 Å². The standard InChI is InChI=1S/C28H27FN6O2/c1-18-14-19(6-7-23(18)36-20-8-12-35-13-10-30-26(35)15-20)33-28-27-22(31-17-32-28)4-3-5-25(27)37-24-9-11-34(2)16-21(24)29/h3-8,10,12-15,17,21,24H,9,11,16H2,1-2H3,(H,31,32,33). The van der Waals surface area contributed by atoms with Gasteiger partial charge in [0.2, 0.25) is 0 Å². The van der Waals surface area contributed by atoms with Crippen LogP contribution in [-0.2, 0) is 0 Å². The number of anilines is 2. The predicted octanol–water partition coefficient (Wildman–Crippen LogP) is 5.54. The highest BCUT2D eigenvalue weighted by atomic mass is 19.1. The molecule has 1 saturated heterocycles. The number of ether oxygens (including phenoxy) is 2. The molecule has 8 nitrogen and oxygen atoms in total. The molecule has 188 valence electrons. The van der Waals surface area contributed by atoms with Crippen molar-refractivity contribution in [1.29, 1.82) is 0 Å². The quantitative estimate of drug-likeness (QED) is 0.329. The SMILES string of the molecule is Cc1cc(Nc2ncnc3cccc(OC4CCN(C)CC4F)c23)ccc1Oc1ccn2ccnc2c1. The Hall–Kier alpha value is -4.24. The van der Waals surface area contributed by atoms with Crippen molar-refractivity contribution < 1.29 is 13.9 Å². The smallest absolute Gasteiger partial charge is 0.149 e. The van der Waals surface area contributed by atoms with Gasteiger partial charge in [-0.1, -0.05) is 6.07 Å². The number of fused-ring (bicyclic) bond motifs is 2. The number of alkyl halides is 1. The zero-order valence-electron chi connectivity index (χ0n) is 20.6. The molecule has 2 unspecified atom stereocenters. The Morgan fingerprint density at radius 3 is 2.81 bits per heavy atom. The van der Waals surface area contributed by atoms with Crippen LogP contribution in [0.3, 0.4) is 0 Å². The molecule has 3 aromatic heterocycles. The van der Waals surface area contributed by atoms with Crippen LogP contribution in [0.25, 0.3) is 16.6 Å². The maximum Gasteiger partial charge on any atom is 0.149 e. The molecule has 2 atom stereocenters. The molecule has 37 heavy (non-hydrogen) atoms. The van der Waals surface area contributed by atoms with Gasteiger partial charge in [-0.25, -0.2) is 19.3 Å². The molecule has 5 aromatic rings. The maximum atomic E-state index is 14.7. The van der Waals surface area contributed by atoms with E-state index in [4.69, 9.17) is 9.47 Å². The van der Waals surface area contributed by atoms with E-state index >= 15 is 0 Å². The Morgan fingerprint density at radius 1 is 1.03 bits per heavy atom. The van der Waals surface area contributed by atoms with E-state index in [1.165, 1.54) is 6.33 Å². The summed E-state index contributed by atoms with van der Waals surface area (Å²) >= 11 is 0. The largest absolute Gasteiger partial charge is 0.486 e. The molecule has 1 aliphatic heterocycles. The number of aryl methyl sites for hydroxylation is 1. The van der Waals surface area contributed by atoms with Crippen LogP contribution >= 0.6 is 0 Å². The lowest BCUT2D eigenvalue weighted by Crippen LogP contribution is -2.45. The first-order chi connectivity index (χ1) is 18.0. The Labute approximate surface area is 213 Å². The average molecular weight is 499 g/mol. The van der Waals surface area contributed by atoms with E-state index in [2.05, 4.69) is 20.3 Å². The first-order valence-electron chi connectivity index (χ1n) is 12.2. The highest BCUT2D eigenvalue weighted by Crippen LogP contribution is 2.35. The van der Waals surface area contributed by atoms with Crippen molar-refractivity contribution in [2.75, 3.05) is 25.5 Å². The summed E-state index contributed by atoms with van der Waals surface area (Å²) in [4.78, 5) is 15.2. The number of likely N-dealkylation sites (tertiary alicyclic amines) is 1. The van der Waals surface area contributed by atoms with E-state index in [9.17, 15) is 4.39 Å². The summed E-state index contributed by atoms with van der Waals surface area (Å²) in [5.41, 5.74) is 3.34. The average Bonchev–Trinajstić information content (AvgIpc) is 3.36. The number of piperidine rings is 1. The first-order valence-corrected chi connectivity index (χ1v) is 12.2.